The summed E-state index contributed by atoms with van der Waals surface area (Å²) >= 11 is 5.83. The number of nitrogens with one attached hydrogen (secondary N) is 1. The molecule has 27 heavy (non-hydrogen) atoms. The zero-order valence-electron chi connectivity index (χ0n) is 14.5. The summed E-state index contributed by atoms with van der Waals surface area (Å²) in [4.78, 5) is 24.2. The maximum Gasteiger partial charge on any atom is 0.269 e. The molecule has 0 fully saturated rings. The van der Waals surface area contributed by atoms with Crippen LogP contribution >= 0.6 is 11.6 Å². The molecule has 3 rings (SSSR count). The van der Waals surface area contributed by atoms with Gasteiger partial charge in [-0.2, -0.15) is 0 Å². The quantitative estimate of drug-likeness (QED) is 0.766. The van der Waals surface area contributed by atoms with Gasteiger partial charge < -0.3 is 5.32 Å². The number of carbonyl (C=O) groups is 2. The Morgan fingerprint density at radius 1 is 1.07 bits per heavy atom. The van der Waals surface area contributed by atoms with Crippen molar-refractivity contribution in [3.63, 3.8) is 0 Å². The molecule has 2 aromatic rings. The van der Waals surface area contributed by atoms with Crippen LogP contribution in [0.3, 0.4) is 0 Å². The fourth-order valence-corrected chi connectivity index (χ4v) is 4.65. The zero-order chi connectivity index (χ0) is 19.4. The third-order valence-corrected chi connectivity index (χ3v) is 6.42. The Hall–Kier alpha value is -2.38. The summed E-state index contributed by atoms with van der Waals surface area (Å²) < 4.78 is 25.7. The molecule has 0 spiro atoms. The van der Waals surface area contributed by atoms with Crippen molar-refractivity contribution in [2.45, 2.75) is 24.2 Å². The van der Waals surface area contributed by atoms with Gasteiger partial charge in [0.05, 0.1) is 5.56 Å². The molecule has 1 aliphatic heterocycles. The van der Waals surface area contributed by atoms with Crippen LogP contribution in [0.1, 0.15) is 28.8 Å². The molecule has 1 aliphatic rings. The Kier molecular flexibility index (Phi) is 5.82. The van der Waals surface area contributed by atoms with E-state index in [1.807, 2.05) is 12.1 Å². The van der Waals surface area contributed by atoms with E-state index < -0.39 is 15.9 Å². The van der Waals surface area contributed by atoms with E-state index in [1.165, 1.54) is 12.1 Å². The van der Waals surface area contributed by atoms with Crippen molar-refractivity contribution >= 4 is 33.4 Å². The number of rotatable bonds is 7. The molecule has 142 valence electrons. The molecule has 1 heterocycles. The summed E-state index contributed by atoms with van der Waals surface area (Å²) in [6, 6.07) is 13.5. The number of halogens is 1. The van der Waals surface area contributed by atoms with Crippen molar-refractivity contribution in [3.05, 3.63) is 64.7 Å². The fourth-order valence-electron chi connectivity index (χ4n) is 2.92. The van der Waals surface area contributed by atoms with Gasteiger partial charge in [0.15, 0.2) is 0 Å². The van der Waals surface area contributed by atoms with Gasteiger partial charge in [0, 0.05) is 24.5 Å². The van der Waals surface area contributed by atoms with Gasteiger partial charge >= 0.3 is 0 Å². The van der Waals surface area contributed by atoms with Crippen LogP contribution in [0.2, 0.25) is 5.02 Å². The summed E-state index contributed by atoms with van der Waals surface area (Å²) in [7, 11) is -3.81. The SMILES string of the molecule is O=C(CCCN1C(=O)c2ccccc2S1(=O)=O)NCCc1ccc(Cl)cc1. The molecule has 6 nitrogen and oxygen atoms in total. The van der Waals surface area contributed by atoms with Gasteiger partial charge in [-0.1, -0.05) is 35.9 Å². The topological polar surface area (TPSA) is 83.6 Å². The van der Waals surface area contributed by atoms with Crippen molar-refractivity contribution in [3.8, 4) is 0 Å². The predicted molar refractivity (Wildman–Crippen MR) is 102 cm³/mol. The minimum atomic E-state index is -3.81. The number of sulfonamides is 1. The average Bonchev–Trinajstić information content (AvgIpc) is 2.84. The molecule has 0 bridgehead atoms. The van der Waals surface area contributed by atoms with Crippen LogP contribution in [0.4, 0.5) is 0 Å². The molecular formula is C19H19ClN2O4S. The smallest absolute Gasteiger partial charge is 0.269 e. The van der Waals surface area contributed by atoms with Gasteiger partial charge in [-0.3, -0.25) is 9.59 Å². The molecule has 0 radical (unpaired) electrons. The maximum absolute atomic E-state index is 12.4. The zero-order valence-corrected chi connectivity index (χ0v) is 16.1. The minimum Gasteiger partial charge on any atom is -0.356 e. The second-order valence-corrected chi connectivity index (χ2v) is 8.48. The molecule has 0 saturated heterocycles. The number of nitrogens with zero attached hydrogens (tertiary/aromatic N) is 1. The van der Waals surface area contributed by atoms with Gasteiger partial charge in [0.25, 0.3) is 15.9 Å². The number of hydrogen-bond acceptors (Lipinski definition) is 4. The molecule has 0 saturated carbocycles. The number of fused-ring (bicyclic) bond motifs is 1. The lowest BCUT2D eigenvalue weighted by Crippen LogP contribution is -2.32. The normalized spacial score (nSPS) is 14.9. The molecule has 0 unspecified atom stereocenters. The average molecular weight is 407 g/mol. The van der Waals surface area contributed by atoms with Gasteiger partial charge in [-0.05, 0) is 42.7 Å². The lowest BCUT2D eigenvalue weighted by Gasteiger charge is -2.14. The molecule has 0 aromatic heterocycles. The van der Waals surface area contributed by atoms with Crippen molar-refractivity contribution in [1.82, 2.24) is 9.62 Å². The van der Waals surface area contributed by atoms with Crippen molar-refractivity contribution < 1.29 is 18.0 Å². The third-order valence-electron chi connectivity index (χ3n) is 4.33. The highest BCUT2D eigenvalue weighted by molar-refractivity contribution is 7.90. The highest BCUT2D eigenvalue weighted by atomic mass is 35.5. The van der Waals surface area contributed by atoms with E-state index in [-0.39, 0.29) is 35.8 Å². The van der Waals surface area contributed by atoms with Gasteiger partial charge in [-0.25, -0.2) is 12.7 Å². The van der Waals surface area contributed by atoms with Gasteiger partial charge in [-0.15, -0.1) is 0 Å². The summed E-state index contributed by atoms with van der Waals surface area (Å²) in [6.45, 7) is 0.466. The summed E-state index contributed by atoms with van der Waals surface area (Å²) in [5, 5.41) is 3.46. The Bertz CT molecular complexity index is 958. The lowest BCUT2D eigenvalue weighted by atomic mass is 10.1. The number of hydrogen-bond donors (Lipinski definition) is 1. The van der Waals surface area contributed by atoms with Crippen LogP contribution < -0.4 is 5.32 Å². The molecule has 2 aromatic carbocycles. The number of amides is 2. The first-order valence-electron chi connectivity index (χ1n) is 8.57. The molecule has 8 heteroatoms. The van der Waals surface area contributed by atoms with E-state index in [2.05, 4.69) is 5.32 Å². The summed E-state index contributed by atoms with van der Waals surface area (Å²) in [5.74, 6) is -0.709. The molecule has 2 amide bonds. The van der Waals surface area contributed by atoms with Crippen LogP contribution in [-0.2, 0) is 21.2 Å². The Balaban J connectivity index is 1.45. The van der Waals surface area contributed by atoms with Gasteiger partial charge in [0.1, 0.15) is 4.90 Å². The van der Waals surface area contributed by atoms with E-state index in [4.69, 9.17) is 11.6 Å². The van der Waals surface area contributed by atoms with E-state index in [1.54, 1.807) is 24.3 Å². The molecule has 1 N–H and O–H groups in total. The fraction of sp³-hybridized carbons (Fsp3) is 0.263. The van der Waals surface area contributed by atoms with Crippen LogP contribution in [0.25, 0.3) is 0 Å². The Labute approximate surface area is 163 Å². The second-order valence-electron chi connectivity index (χ2n) is 6.21. The highest BCUT2D eigenvalue weighted by Gasteiger charge is 2.40. The summed E-state index contributed by atoms with van der Waals surface area (Å²) in [6.07, 6.45) is 1.10. The first-order valence-corrected chi connectivity index (χ1v) is 10.4. The summed E-state index contributed by atoms with van der Waals surface area (Å²) in [5.41, 5.74) is 1.25. The second kappa shape index (κ2) is 8.10. The largest absolute Gasteiger partial charge is 0.356 e. The van der Waals surface area contributed by atoms with Crippen LogP contribution in [0.5, 0.6) is 0 Å². The Morgan fingerprint density at radius 3 is 2.48 bits per heavy atom. The first-order chi connectivity index (χ1) is 12.9. The van der Waals surface area contributed by atoms with E-state index in [9.17, 15) is 18.0 Å². The number of benzene rings is 2. The van der Waals surface area contributed by atoms with Crippen molar-refractivity contribution in [2.75, 3.05) is 13.1 Å². The predicted octanol–water partition coefficient (Wildman–Crippen LogP) is 2.62. The van der Waals surface area contributed by atoms with Crippen molar-refractivity contribution in [2.24, 2.45) is 0 Å². The Morgan fingerprint density at radius 2 is 1.78 bits per heavy atom. The minimum absolute atomic E-state index is 0.0134. The first kappa shape index (κ1) is 19.4. The monoisotopic (exact) mass is 406 g/mol. The molecule has 0 aliphatic carbocycles. The van der Waals surface area contributed by atoms with E-state index in [0.29, 0.717) is 18.0 Å². The van der Waals surface area contributed by atoms with Crippen molar-refractivity contribution in [1.29, 1.82) is 0 Å². The van der Waals surface area contributed by atoms with E-state index >= 15 is 0 Å². The van der Waals surface area contributed by atoms with Crippen LogP contribution in [-0.4, -0.2) is 37.6 Å². The molecular weight excluding hydrogens is 388 g/mol. The van der Waals surface area contributed by atoms with Crippen LogP contribution in [0, 0.1) is 0 Å². The van der Waals surface area contributed by atoms with Gasteiger partial charge in [0.2, 0.25) is 5.91 Å². The highest BCUT2D eigenvalue weighted by Crippen LogP contribution is 2.29. The molecule has 0 atom stereocenters. The maximum atomic E-state index is 12.4. The third kappa shape index (κ3) is 4.31. The number of carbonyl (C=O) groups excluding carboxylic acids is 2. The standard InChI is InChI=1S/C19H19ClN2O4S/c20-15-9-7-14(8-10-15)11-12-21-18(23)6-3-13-22-19(24)16-4-1-2-5-17(16)27(22,25)26/h1-2,4-5,7-10H,3,6,11-13H2,(H,21,23). The van der Waals surface area contributed by atoms with Crippen LogP contribution in [0.15, 0.2) is 53.4 Å². The van der Waals surface area contributed by atoms with E-state index in [0.717, 1.165) is 9.87 Å². The lowest BCUT2D eigenvalue weighted by molar-refractivity contribution is -0.121.